The first-order valence-corrected chi connectivity index (χ1v) is 24.1. The van der Waals surface area contributed by atoms with Crippen molar-refractivity contribution in [3.05, 3.63) is 205 Å². The van der Waals surface area contributed by atoms with Crippen molar-refractivity contribution in [2.45, 2.75) is 0 Å². The van der Waals surface area contributed by atoms with Gasteiger partial charge in [-0.15, -0.1) is 12.2 Å². The number of rotatable bonds is 11. The third kappa shape index (κ3) is 15.6. The minimum atomic E-state index is -1.10. The van der Waals surface area contributed by atoms with E-state index in [-0.39, 0.29) is 0 Å². The van der Waals surface area contributed by atoms with Gasteiger partial charge >= 0.3 is 27.5 Å². The quantitative estimate of drug-likeness (QED) is 0.0379. The molecule has 0 bridgehead atoms. The molecule has 0 N–H and O–H groups in total. The van der Waals surface area contributed by atoms with Gasteiger partial charge in [0.05, 0.1) is 44.3 Å². The van der Waals surface area contributed by atoms with Gasteiger partial charge in [-0.3, -0.25) is 9.59 Å². The maximum absolute atomic E-state index is 11.5. The Hall–Kier alpha value is -5.52. The summed E-state index contributed by atoms with van der Waals surface area (Å²) in [6.45, 7) is 0. The van der Waals surface area contributed by atoms with Crippen LogP contribution < -0.4 is 31.8 Å². The molecule has 60 heavy (non-hydrogen) atoms. The number of carbonyl (C=O) groups is 4. The van der Waals surface area contributed by atoms with Gasteiger partial charge in [-0.2, -0.15) is 0 Å². The first kappa shape index (κ1) is 48.8. The number of esters is 4. The number of carbonyl (C=O) groups excluding carboxylic acids is 4. The van der Waals surface area contributed by atoms with E-state index in [0.717, 1.165) is 28.4 Å². The molecule has 0 unspecified atom stereocenters. The van der Waals surface area contributed by atoms with Crippen molar-refractivity contribution in [3.8, 4) is 0 Å². The van der Waals surface area contributed by atoms with Gasteiger partial charge in [-0.25, -0.2) is 11.1 Å². The predicted molar refractivity (Wildman–Crippen MR) is 241 cm³/mol. The van der Waals surface area contributed by atoms with Crippen molar-refractivity contribution in [2.24, 2.45) is 0 Å². The molecule has 6 aromatic carbocycles. The van der Waals surface area contributed by atoms with E-state index in [1.165, 1.54) is 49.7 Å². The van der Waals surface area contributed by atoms with Crippen LogP contribution in [0.3, 0.4) is 0 Å². The normalized spacial score (nSPS) is 10.6. The van der Waals surface area contributed by atoms with Crippen LogP contribution in [-0.4, -0.2) is 52.3 Å². The first-order valence-electron chi connectivity index (χ1n) is 18.1. The van der Waals surface area contributed by atoms with Crippen molar-refractivity contribution >= 4 is 81.1 Å². The van der Waals surface area contributed by atoms with E-state index in [0.29, 0.717) is 0 Å². The van der Waals surface area contributed by atoms with E-state index >= 15 is 0 Å². The summed E-state index contributed by atoms with van der Waals surface area (Å²) < 4.78 is 17.3. The van der Waals surface area contributed by atoms with Crippen LogP contribution in [-0.2, 0) is 56.0 Å². The molecule has 0 aliphatic carbocycles. The van der Waals surface area contributed by atoms with Crippen molar-refractivity contribution in [2.75, 3.05) is 28.4 Å². The molecule has 0 aromatic heterocycles. The van der Waals surface area contributed by atoms with Crippen molar-refractivity contribution < 1.29 is 56.0 Å². The standard InChI is InChI=1S/2C18H15P.C12H12O8.ClH.Ir/c2*1-4-10-16(11-5-1)19(17-12-6-2-7-13-17)18-14-8-3-9-15-18;1-17-9(13)5-7(11(15)19-3)8(12(16)20-4)6-10(14)18-2;;/h2*1-15H;1-4H3;1H;/q;;-2;;+3/p+1. The summed E-state index contributed by atoms with van der Waals surface area (Å²) in [6.07, 6.45) is 3.87. The topological polar surface area (TPSA) is 105 Å². The van der Waals surface area contributed by atoms with Gasteiger partial charge < -0.3 is 28.5 Å². The van der Waals surface area contributed by atoms with E-state index in [9.17, 15) is 19.2 Å². The molecule has 0 radical (unpaired) electrons. The second-order valence-corrected chi connectivity index (χ2v) is 16.9. The van der Waals surface area contributed by atoms with Crippen molar-refractivity contribution in [3.63, 3.8) is 0 Å². The van der Waals surface area contributed by atoms with Crippen molar-refractivity contribution in [1.29, 1.82) is 0 Å². The third-order valence-corrected chi connectivity index (χ3v) is 13.7. The Balaban J connectivity index is 0.000000235. The molecule has 0 atom stereocenters. The molecule has 0 spiro atoms. The summed E-state index contributed by atoms with van der Waals surface area (Å²) in [5.41, 5.74) is -1.34. The number of hydrogen-bond donors (Lipinski definition) is 0. The van der Waals surface area contributed by atoms with Crippen LogP contribution in [0.5, 0.6) is 0 Å². The van der Waals surface area contributed by atoms with Crippen LogP contribution in [0.2, 0.25) is 0 Å². The smallest absolute Gasteiger partial charge is 0.0620 e. The number of hydrogen-bond acceptors (Lipinski definition) is 8. The second kappa shape index (κ2) is 28.0. The second-order valence-electron chi connectivity index (χ2n) is 11.9. The molecule has 6 aromatic rings. The summed E-state index contributed by atoms with van der Waals surface area (Å²) in [5, 5.41) is 8.61. The summed E-state index contributed by atoms with van der Waals surface area (Å²) >= 11 is 1.47. The van der Waals surface area contributed by atoms with E-state index in [1.54, 1.807) is 0 Å². The maximum atomic E-state index is 11.5. The number of methoxy groups -OCH3 is 4. The Bertz CT molecular complexity index is 1900. The fraction of sp³-hybridized carbons (Fsp3) is 0.0833. The molecule has 0 fully saturated rings. The molecule has 0 aliphatic rings. The minimum Gasteiger partial charge on any atom is -0.0620 e. The Morgan fingerprint density at radius 3 is 0.700 bits per heavy atom. The molecular weight excluding hydrogens is 994 g/mol. The largest absolute Gasteiger partial charge is 0.102 e. The van der Waals surface area contributed by atoms with Gasteiger partial charge in [0.15, 0.2) is 11.9 Å². The van der Waals surface area contributed by atoms with Gasteiger partial charge in [0.25, 0.3) is 11.9 Å². The molecule has 0 saturated carbocycles. The van der Waals surface area contributed by atoms with Crippen molar-refractivity contribution in [1.82, 2.24) is 0 Å². The molecule has 0 aliphatic heterocycles. The van der Waals surface area contributed by atoms with Crippen LogP contribution in [0.1, 0.15) is 0 Å². The predicted octanol–water partition coefficient (Wildman–Crippen LogP) is 6.18. The summed E-state index contributed by atoms with van der Waals surface area (Å²) in [4.78, 5) is 45.4. The Kier molecular flexibility index (Phi) is 22.8. The maximum Gasteiger partial charge on any atom is 0.102 e. The zero-order valence-electron chi connectivity index (χ0n) is 33.3. The molecule has 0 heterocycles. The molecule has 0 saturated heterocycles. The van der Waals surface area contributed by atoms with Gasteiger partial charge in [0, 0.05) is 0 Å². The van der Waals surface area contributed by atoms with Gasteiger partial charge in [0.2, 0.25) is 0 Å². The molecule has 8 nitrogen and oxygen atoms in total. The van der Waals surface area contributed by atoms with E-state index in [1.807, 2.05) is 12.2 Å². The van der Waals surface area contributed by atoms with E-state index in [4.69, 9.17) is 0 Å². The fourth-order valence-corrected chi connectivity index (χ4v) is 10.7. The molecule has 12 heteroatoms. The number of ether oxygens (including phenoxy) is 4. The van der Waals surface area contributed by atoms with E-state index < -0.39 is 50.9 Å². The zero-order valence-corrected chi connectivity index (χ0v) is 38.4. The number of halogens is 1. The van der Waals surface area contributed by atoms with Crippen LogP contribution in [0, 0.1) is 12.2 Å². The zero-order chi connectivity index (χ0) is 43.5. The Morgan fingerprint density at radius 1 is 0.367 bits per heavy atom. The van der Waals surface area contributed by atoms with Crippen LogP contribution >= 0.6 is 25.4 Å². The summed E-state index contributed by atoms with van der Waals surface area (Å²) in [6, 6.07) is 65.0. The first-order chi connectivity index (χ1) is 29.3. The van der Waals surface area contributed by atoms with E-state index in [2.05, 4.69) is 211 Å². The SMILES string of the molecule is COC(=O)[C-]=C(C(=O)OC)C(=[C-]C(=O)OC)C(=O)OC.[Cl][Ir+2].c1ccc([PH+](c2ccccc2)c2ccccc2)cc1.c1ccc([PH+](c2ccccc2)c2ccccc2)cc1. The number of benzene rings is 6. The fourth-order valence-electron chi connectivity index (χ4n) is 5.57. The molecule has 308 valence electrons. The average molecular weight is 1040 g/mol. The molecule has 6 rings (SSSR count). The monoisotopic (exact) mass is 1040 g/mol. The van der Waals surface area contributed by atoms with Crippen LogP contribution in [0.4, 0.5) is 0 Å². The van der Waals surface area contributed by atoms with Crippen LogP contribution in [0.25, 0.3) is 0 Å². The summed E-state index contributed by atoms with van der Waals surface area (Å²) in [5.74, 6) is -4.32. The minimum absolute atomic E-state index is 0.670. The third-order valence-electron chi connectivity index (χ3n) is 8.23. The Morgan fingerprint density at radius 2 is 0.550 bits per heavy atom. The van der Waals surface area contributed by atoms with Gasteiger partial charge in [0.1, 0.15) is 31.8 Å². The summed E-state index contributed by atoms with van der Waals surface area (Å²) in [7, 11) is 6.98. The van der Waals surface area contributed by atoms with Gasteiger partial charge in [-0.1, -0.05) is 109 Å². The Labute approximate surface area is 368 Å². The van der Waals surface area contributed by atoms with Gasteiger partial charge in [-0.05, 0) is 72.8 Å². The average Bonchev–Trinajstić information content (AvgIpc) is 3.32. The molecular formula is C48H44ClIrO8P2+2. The molecule has 0 amide bonds. The van der Waals surface area contributed by atoms with Crippen LogP contribution in [0.15, 0.2) is 193 Å².